The summed E-state index contributed by atoms with van der Waals surface area (Å²) in [4.78, 5) is 0. The summed E-state index contributed by atoms with van der Waals surface area (Å²) >= 11 is 0. The second kappa shape index (κ2) is 7.70. The molecule has 0 saturated carbocycles. The van der Waals surface area contributed by atoms with Gasteiger partial charge in [0.05, 0.1) is 6.61 Å². The maximum Gasteiger partial charge on any atom is 0.121 e. The molecule has 1 unspecified atom stereocenters. The number of hydrogen-bond acceptors (Lipinski definition) is 3. The molecule has 0 radical (unpaired) electrons. The lowest BCUT2D eigenvalue weighted by Gasteiger charge is -2.07. The number of nitrogen functional groups attached to an aromatic ring is 1. The highest BCUT2D eigenvalue weighted by Gasteiger charge is 2.02. The van der Waals surface area contributed by atoms with Crippen LogP contribution in [0.5, 0.6) is 5.75 Å². The first-order chi connectivity index (χ1) is 9.74. The van der Waals surface area contributed by atoms with Crippen LogP contribution in [0.1, 0.15) is 12.0 Å². The molecule has 0 aromatic heterocycles. The molecule has 4 heteroatoms. The van der Waals surface area contributed by atoms with Crippen LogP contribution in [0.15, 0.2) is 54.6 Å². The van der Waals surface area contributed by atoms with Gasteiger partial charge in [-0.3, -0.25) is 4.21 Å². The number of nitrogens with two attached hydrogens (primary N) is 1. The Morgan fingerprint density at radius 3 is 2.60 bits per heavy atom. The van der Waals surface area contributed by atoms with Gasteiger partial charge in [0, 0.05) is 34.1 Å². The smallest absolute Gasteiger partial charge is 0.121 e. The van der Waals surface area contributed by atoms with Crippen molar-refractivity contribution in [2.75, 3.05) is 18.1 Å². The molecule has 0 aliphatic heterocycles. The minimum Gasteiger partial charge on any atom is -0.493 e. The van der Waals surface area contributed by atoms with Crippen molar-refractivity contribution in [2.24, 2.45) is 0 Å². The van der Waals surface area contributed by atoms with Crippen LogP contribution in [0, 0.1) is 0 Å². The van der Waals surface area contributed by atoms with E-state index in [0.29, 0.717) is 23.8 Å². The summed E-state index contributed by atoms with van der Waals surface area (Å²) in [6.07, 6.45) is 0.772. The molecule has 2 N–H and O–H groups in total. The molecule has 0 aliphatic rings. The van der Waals surface area contributed by atoms with Crippen LogP contribution in [-0.4, -0.2) is 16.6 Å². The molecule has 0 saturated heterocycles. The maximum absolute atomic E-state index is 11.9. The maximum atomic E-state index is 11.9. The van der Waals surface area contributed by atoms with E-state index in [2.05, 4.69) is 0 Å². The Labute approximate surface area is 122 Å². The van der Waals surface area contributed by atoms with Crippen molar-refractivity contribution in [2.45, 2.75) is 12.2 Å². The molecule has 0 fully saturated rings. The molecule has 2 aromatic carbocycles. The summed E-state index contributed by atoms with van der Waals surface area (Å²) in [7, 11) is -0.838. The van der Waals surface area contributed by atoms with Gasteiger partial charge in [0.1, 0.15) is 5.75 Å². The van der Waals surface area contributed by atoms with Crippen LogP contribution in [0.2, 0.25) is 0 Å². The first kappa shape index (κ1) is 14.6. The summed E-state index contributed by atoms with van der Waals surface area (Å²) in [5.74, 6) is 2.02. The number of rotatable bonds is 7. The monoisotopic (exact) mass is 289 g/mol. The molecule has 0 spiro atoms. The summed E-state index contributed by atoms with van der Waals surface area (Å²) in [6, 6.07) is 17.2. The molecule has 1 atom stereocenters. The highest BCUT2D eigenvalue weighted by atomic mass is 32.2. The van der Waals surface area contributed by atoms with Gasteiger partial charge < -0.3 is 10.5 Å². The van der Waals surface area contributed by atoms with Gasteiger partial charge in [-0.05, 0) is 24.1 Å². The topological polar surface area (TPSA) is 52.3 Å². The van der Waals surface area contributed by atoms with E-state index in [0.717, 1.165) is 17.7 Å². The predicted molar refractivity (Wildman–Crippen MR) is 84.1 cm³/mol. The van der Waals surface area contributed by atoms with Crippen molar-refractivity contribution >= 4 is 16.5 Å². The summed E-state index contributed by atoms with van der Waals surface area (Å²) < 4.78 is 17.5. The van der Waals surface area contributed by atoms with Gasteiger partial charge >= 0.3 is 0 Å². The largest absolute Gasteiger partial charge is 0.493 e. The lowest BCUT2D eigenvalue weighted by Crippen LogP contribution is -2.06. The fourth-order valence-corrected chi connectivity index (χ4v) is 2.99. The lowest BCUT2D eigenvalue weighted by atomic mass is 10.2. The van der Waals surface area contributed by atoms with Gasteiger partial charge in [-0.25, -0.2) is 0 Å². The molecular weight excluding hydrogens is 270 g/mol. The van der Waals surface area contributed by atoms with Crippen LogP contribution in [0.25, 0.3) is 0 Å². The first-order valence-corrected chi connectivity index (χ1v) is 8.10. The molecule has 2 aromatic rings. The zero-order valence-corrected chi connectivity index (χ0v) is 12.1. The second-order valence-corrected chi connectivity index (χ2v) is 6.12. The third-order valence-electron chi connectivity index (χ3n) is 2.81. The van der Waals surface area contributed by atoms with E-state index >= 15 is 0 Å². The van der Waals surface area contributed by atoms with E-state index < -0.39 is 10.8 Å². The van der Waals surface area contributed by atoms with Crippen molar-refractivity contribution in [1.29, 1.82) is 0 Å². The average molecular weight is 289 g/mol. The molecule has 0 heterocycles. The summed E-state index contributed by atoms with van der Waals surface area (Å²) in [5.41, 5.74) is 7.47. The van der Waals surface area contributed by atoms with Crippen LogP contribution >= 0.6 is 0 Å². The molecule has 3 nitrogen and oxygen atoms in total. The molecule has 0 aliphatic carbocycles. The number of ether oxygens (including phenoxy) is 1. The van der Waals surface area contributed by atoms with E-state index in [9.17, 15) is 4.21 Å². The lowest BCUT2D eigenvalue weighted by molar-refractivity contribution is 0.318. The number of anilines is 1. The minimum absolute atomic E-state index is 0.560. The SMILES string of the molecule is Nc1cccc(OCCCS(=O)Cc2ccccc2)c1. The van der Waals surface area contributed by atoms with Crippen molar-refractivity contribution in [3.8, 4) is 5.75 Å². The highest BCUT2D eigenvalue weighted by molar-refractivity contribution is 7.84. The van der Waals surface area contributed by atoms with Crippen molar-refractivity contribution < 1.29 is 8.95 Å². The zero-order valence-electron chi connectivity index (χ0n) is 11.3. The fraction of sp³-hybridized carbons (Fsp3) is 0.250. The Bertz CT molecular complexity index is 557. The van der Waals surface area contributed by atoms with E-state index in [4.69, 9.17) is 10.5 Å². The summed E-state index contributed by atoms with van der Waals surface area (Å²) in [6.45, 7) is 0.560. The average Bonchev–Trinajstić information content (AvgIpc) is 2.45. The van der Waals surface area contributed by atoms with Crippen molar-refractivity contribution in [3.05, 3.63) is 60.2 Å². The normalized spacial score (nSPS) is 12.0. The second-order valence-electron chi connectivity index (χ2n) is 4.55. The zero-order chi connectivity index (χ0) is 14.2. The fourth-order valence-electron chi connectivity index (χ4n) is 1.85. The van der Waals surface area contributed by atoms with E-state index in [1.807, 2.05) is 48.5 Å². The minimum atomic E-state index is -0.838. The van der Waals surface area contributed by atoms with E-state index in [-0.39, 0.29) is 0 Å². The molecule has 0 bridgehead atoms. The Morgan fingerprint density at radius 2 is 1.85 bits per heavy atom. The Kier molecular flexibility index (Phi) is 5.62. The van der Waals surface area contributed by atoms with Gasteiger partial charge in [0.15, 0.2) is 0 Å². The molecule has 0 amide bonds. The molecule has 20 heavy (non-hydrogen) atoms. The standard InChI is InChI=1S/C16H19NO2S/c17-15-8-4-9-16(12-15)19-10-5-11-20(18)13-14-6-2-1-3-7-14/h1-4,6-9,12H,5,10-11,13,17H2. The number of benzene rings is 2. The van der Waals surface area contributed by atoms with Gasteiger partial charge in [0.25, 0.3) is 0 Å². The molecule has 106 valence electrons. The Hall–Kier alpha value is -1.81. The molecule has 2 rings (SSSR count). The number of hydrogen-bond donors (Lipinski definition) is 1. The first-order valence-electron chi connectivity index (χ1n) is 6.61. The van der Waals surface area contributed by atoms with Gasteiger partial charge in [0.2, 0.25) is 0 Å². The third-order valence-corrected chi connectivity index (χ3v) is 4.21. The van der Waals surface area contributed by atoms with Gasteiger partial charge in [-0.2, -0.15) is 0 Å². The highest BCUT2D eigenvalue weighted by Crippen LogP contribution is 2.14. The van der Waals surface area contributed by atoms with Crippen LogP contribution in [0.4, 0.5) is 5.69 Å². The van der Waals surface area contributed by atoms with Crippen LogP contribution in [-0.2, 0) is 16.6 Å². The summed E-state index contributed by atoms with van der Waals surface area (Å²) in [5, 5.41) is 0. The van der Waals surface area contributed by atoms with Crippen molar-refractivity contribution in [1.82, 2.24) is 0 Å². The van der Waals surface area contributed by atoms with Crippen LogP contribution < -0.4 is 10.5 Å². The van der Waals surface area contributed by atoms with E-state index in [1.165, 1.54) is 0 Å². The predicted octanol–water partition coefficient (Wildman–Crippen LogP) is 2.99. The Balaban J connectivity index is 1.67. The van der Waals surface area contributed by atoms with Crippen LogP contribution in [0.3, 0.4) is 0 Å². The van der Waals surface area contributed by atoms with Crippen molar-refractivity contribution in [3.63, 3.8) is 0 Å². The Morgan fingerprint density at radius 1 is 1.05 bits per heavy atom. The molecular formula is C16H19NO2S. The van der Waals surface area contributed by atoms with Gasteiger partial charge in [-0.15, -0.1) is 0 Å². The quantitative estimate of drug-likeness (QED) is 0.630. The third kappa shape index (κ3) is 5.05. The van der Waals surface area contributed by atoms with E-state index in [1.54, 1.807) is 6.07 Å². The van der Waals surface area contributed by atoms with Gasteiger partial charge in [-0.1, -0.05) is 36.4 Å².